The first-order valence-corrected chi connectivity index (χ1v) is 5.99. The molecule has 0 aliphatic carbocycles. The van der Waals surface area contributed by atoms with Gasteiger partial charge in [0.05, 0.1) is 6.20 Å². The van der Waals surface area contributed by atoms with Gasteiger partial charge in [-0.25, -0.2) is 0 Å². The van der Waals surface area contributed by atoms with Crippen molar-refractivity contribution in [3.05, 3.63) is 53.9 Å². The smallest absolute Gasteiger partial charge is 0.0522 e. The summed E-state index contributed by atoms with van der Waals surface area (Å²) in [6, 6.07) is 10.9. The molecule has 1 aromatic carbocycles. The standard InChI is InChI=1S/C14H19N3/c1-12(8-14-10-16-17(2)11-14)15-9-13-6-4-3-5-7-13/h3-7,10-12,15H,8-9H2,1-2H3/t12-/m0/s1. The molecule has 0 aliphatic rings. The summed E-state index contributed by atoms with van der Waals surface area (Å²) in [5, 5.41) is 7.70. The van der Waals surface area contributed by atoms with E-state index < -0.39 is 0 Å². The molecule has 3 nitrogen and oxygen atoms in total. The fourth-order valence-corrected chi connectivity index (χ4v) is 1.89. The Balaban J connectivity index is 1.80. The molecule has 0 aliphatic heterocycles. The van der Waals surface area contributed by atoms with Gasteiger partial charge in [0.25, 0.3) is 0 Å². The van der Waals surface area contributed by atoms with Crippen LogP contribution in [-0.2, 0) is 20.0 Å². The highest BCUT2D eigenvalue weighted by Gasteiger charge is 2.04. The number of aromatic nitrogens is 2. The second kappa shape index (κ2) is 5.64. The highest BCUT2D eigenvalue weighted by atomic mass is 15.2. The molecule has 17 heavy (non-hydrogen) atoms. The molecule has 1 N–H and O–H groups in total. The van der Waals surface area contributed by atoms with Crippen LogP contribution in [0.15, 0.2) is 42.7 Å². The minimum absolute atomic E-state index is 0.458. The van der Waals surface area contributed by atoms with E-state index in [0.29, 0.717) is 6.04 Å². The van der Waals surface area contributed by atoms with Crippen LogP contribution >= 0.6 is 0 Å². The van der Waals surface area contributed by atoms with E-state index in [0.717, 1.165) is 13.0 Å². The quantitative estimate of drug-likeness (QED) is 0.851. The van der Waals surface area contributed by atoms with Gasteiger partial charge in [-0.05, 0) is 24.5 Å². The highest BCUT2D eigenvalue weighted by molar-refractivity contribution is 5.14. The van der Waals surface area contributed by atoms with Crippen LogP contribution in [0.5, 0.6) is 0 Å². The summed E-state index contributed by atoms with van der Waals surface area (Å²) in [6.45, 7) is 3.12. The second-order valence-electron chi connectivity index (χ2n) is 4.49. The number of nitrogens with one attached hydrogen (secondary N) is 1. The Morgan fingerprint density at radius 1 is 1.24 bits per heavy atom. The summed E-state index contributed by atoms with van der Waals surface area (Å²) in [6.07, 6.45) is 5.02. The number of aryl methyl sites for hydroxylation is 1. The Bertz CT molecular complexity index is 448. The van der Waals surface area contributed by atoms with Crippen molar-refractivity contribution in [1.82, 2.24) is 15.1 Å². The van der Waals surface area contributed by atoms with Gasteiger partial charge in [0.15, 0.2) is 0 Å². The van der Waals surface area contributed by atoms with Crippen molar-refractivity contribution < 1.29 is 0 Å². The zero-order chi connectivity index (χ0) is 12.1. The van der Waals surface area contributed by atoms with Crippen molar-refractivity contribution in [1.29, 1.82) is 0 Å². The summed E-state index contributed by atoms with van der Waals surface area (Å²) in [5.41, 5.74) is 2.60. The van der Waals surface area contributed by atoms with Crippen LogP contribution in [0.3, 0.4) is 0 Å². The first kappa shape index (κ1) is 11.9. The highest BCUT2D eigenvalue weighted by Crippen LogP contribution is 2.03. The van der Waals surface area contributed by atoms with Crippen LogP contribution in [0.1, 0.15) is 18.1 Å². The molecular weight excluding hydrogens is 210 g/mol. The largest absolute Gasteiger partial charge is 0.310 e. The van der Waals surface area contributed by atoms with E-state index in [1.807, 2.05) is 24.0 Å². The van der Waals surface area contributed by atoms with E-state index in [1.165, 1.54) is 11.1 Å². The van der Waals surface area contributed by atoms with Crippen molar-refractivity contribution in [2.24, 2.45) is 7.05 Å². The predicted molar refractivity (Wildman–Crippen MR) is 69.7 cm³/mol. The van der Waals surface area contributed by atoms with Gasteiger partial charge in [-0.15, -0.1) is 0 Å². The molecule has 2 aromatic rings. The lowest BCUT2D eigenvalue weighted by molar-refractivity contribution is 0.545. The van der Waals surface area contributed by atoms with E-state index in [-0.39, 0.29) is 0 Å². The fourth-order valence-electron chi connectivity index (χ4n) is 1.89. The summed E-state index contributed by atoms with van der Waals surface area (Å²) in [7, 11) is 1.95. The molecule has 1 heterocycles. The minimum atomic E-state index is 0.458. The summed E-state index contributed by atoms with van der Waals surface area (Å²) < 4.78 is 1.85. The fraction of sp³-hybridized carbons (Fsp3) is 0.357. The molecule has 0 saturated heterocycles. The number of rotatable bonds is 5. The van der Waals surface area contributed by atoms with Gasteiger partial charge in [0.1, 0.15) is 0 Å². The van der Waals surface area contributed by atoms with Crippen LogP contribution < -0.4 is 5.32 Å². The third kappa shape index (κ3) is 3.71. The van der Waals surface area contributed by atoms with Gasteiger partial charge in [0.2, 0.25) is 0 Å². The average Bonchev–Trinajstić information content (AvgIpc) is 2.73. The molecule has 0 unspecified atom stereocenters. The number of nitrogens with zero attached hydrogens (tertiary/aromatic N) is 2. The molecule has 0 saturated carbocycles. The normalized spacial score (nSPS) is 12.6. The van der Waals surface area contributed by atoms with Crippen LogP contribution in [0.25, 0.3) is 0 Å². The van der Waals surface area contributed by atoms with E-state index >= 15 is 0 Å². The SMILES string of the molecule is C[C@@H](Cc1cnn(C)c1)NCc1ccccc1. The lowest BCUT2D eigenvalue weighted by atomic mass is 10.1. The third-order valence-corrected chi connectivity index (χ3v) is 2.80. The van der Waals surface area contributed by atoms with Crippen molar-refractivity contribution in [2.45, 2.75) is 25.9 Å². The van der Waals surface area contributed by atoms with Crippen LogP contribution in [0, 0.1) is 0 Å². The first-order chi connectivity index (χ1) is 8.24. The number of hydrogen-bond acceptors (Lipinski definition) is 2. The van der Waals surface area contributed by atoms with Gasteiger partial charge in [-0.1, -0.05) is 30.3 Å². The summed E-state index contributed by atoms with van der Waals surface area (Å²) in [4.78, 5) is 0. The lowest BCUT2D eigenvalue weighted by Gasteiger charge is -2.12. The van der Waals surface area contributed by atoms with Gasteiger partial charge >= 0.3 is 0 Å². The lowest BCUT2D eigenvalue weighted by Crippen LogP contribution is -2.27. The molecule has 1 aromatic heterocycles. The Morgan fingerprint density at radius 3 is 2.65 bits per heavy atom. The van der Waals surface area contributed by atoms with Crippen molar-refractivity contribution in [3.63, 3.8) is 0 Å². The molecular formula is C14H19N3. The molecule has 1 atom stereocenters. The van der Waals surface area contributed by atoms with Crippen LogP contribution in [-0.4, -0.2) is 15.8 Å². The average molecular weight is 229 g/mol. The molecule has 0 bridgehead atoms. The Morgan fingerprint density at radius 2 is 2.00 bits per heavy atom. The van der Waals surface area contributed by atoms with E-state index in [9.17, 15) is 0 Å². The zero-order valence-corrected chi connectivity index (χ0v) is 10.4. The maximum atomic E-state index is 4.18. The Kier molecular flexibility index (Phi) is 3.94. The Labute approximate surface area is 102 Å². The molecule has 0 radical (unpaired) electrons. The van der Waals surface area contributed by atoms with Crippen LogP contribution in [0.4, 0.5) is 0 Å². The maximum Gasteiger partial charge on any atom is 0.0522 e. The van der Waals surface area contributed by atoms with Gasteiger partial charge in [-0.2, -0.15) is 5.10 Å². The predicted octanol–water partition coefficient (Wildman–Crippen LogP) is 2.14. The summed E-state index contributed by atoms with van der Waals surface area (Å²) >= 11 is 0. The number of benzene rings is 1. The van der Waals surface area contributed by atoms with Crippen LogP contribution in [0.2, 0.25) is 0 Å². The van der Waals surface area contributed by atoms with Crippen molar-refractivity contribution in [2.75, 3.05) is 0 Å². The molecule has 0 fully saturated rings. The van der Waals surface area contributed by atoms with Gasteiger partial charge < -0.3 is 5.32 Å². The van der Waals surface area contributed by atoms with Gasteiger partial charge in [0, 0.05) is 25.8 Å². The summed E-state index contributed by atoms with van der Waals surface area (Å²) in [5.74, 6) is 0. The maximum absolute atomic E-state index is 4.18. The number of hydrogen-bond donors (Lipinski definition) is 1. The second-order valence-corrected chi connectivity index (χ2v) is 4.49. The molecule has 3 heteroatoms. The Hall–Kier alpha value is -1.61. The monoisotopic (exact) mass is 229 g/mol. The zero-order valence-electron chi connectivity index (χ0n) is 10.4. The minimum Gasteiger partial charge on any atom is -0.310 e. The molecule has 0 spiro atoms. The molecule has 90 valence electrons. The van der Waals surface area contributed by atoms with E-state index in [1.54, 1.807) is 0 Å². The third-order valence-electron chi connectivity index (χ3n) is 2.80. The molecule has 2 rings (SSSR count). The topological polar surface area (TPSA) is 29.9 Å². The van der Waals surface area contributed by atoms with E-state index in [2.05, 4.69) is 47.8 Å². The van der Waals surface area contributed by atoms with Crippen molar-refractivity contribution in [3.8, 4) is 0 Å². The van der Waals surface area contributed by atoms with Crippen molar-refractivity contribution >= 4 is 0 Å². The molecule has 0 amide bonds. The van der Waals surface area contributed by atoms with Gasteiger partial charge in [-0.3, -0.25) is 4.68 Å². The van der Waals surface area contributed by atoms with E-state index in [4.69, 9.17) is 0 Å². The first-order valence-electron chi connectivity index (χ1n) is 5.99.